The van der Waals surface area contributed by atoms with Crippen LogP contribution in [0.2, 0.25) is 0 Å². The van der Waals surface area contributed by atoms with Crippen LogP contribution in [0.5, 0.6) is 0 Å². The van der Waals surface area contributed by atoms with Crippen LogP contribution in [0.1, 0.15) is 25.0 Å². The molecule has 3 heteroatoms. The van der Waals surface area contributed by atoms with Gasteiger partial charge in [-0.3, -0.25) is 4.99 Å². The Bertz CT molecular complexity index is 3300. The number of aromatic nitrogens is 1. The molecular weight excluding hydrogens is 709 g/mol. The molecule has 0 fully saturated rings. The van der Waals surface area contributed by atoms with E-state index in [9.17, 15) is 0 Å². The van der Waals surface area contributed by atoms with Gasteiger partial charge >= 0.3 is 0 Å². The molecular formula is C54H38N2S. The van der Waals surface area contributed by atoms with Gasteiger partial charge in [-0.25, -0.2) is 0 Å². The Labute approximate surface area is 336 Å². The van der Waals surface area contributed by atoms with Gasteiger partial charge in [-0.2, -0.15) is 0 Å². The van der Waals surface area contributed by atoms with E-state index in [4.69, 9.17) is 4.99 Å². The Morgan fingerprint density at radius 3 is 1.95 bits per heavy atom. The Hall–Kier alpha value is -6.81. The minimum atomic E-state index is 0.0734. The second-order valence-electron chi connectivity index (χ2n) is 15.1. The smallest absolute Gasteiger partial charge is 0.0726 e. The Morgan fingerprint density at radius 2 is 1.12 bits per heavy atom. The number of allylic oxidation sites excluding steroid dienone is 3. The monoisotopic (exact) mass is 746 g/mol. The molecule has 270 valence electrons. The summed E-state index contributed by atoms with van der Waals surface area (Å²) in [6.45, 7) is 4.60. The zero-order valence-electron chi connectivity index (χ0n) is 31.8. The largest absolute Gasteiger partial charge is 0.309 e. The predicted molar refractivity (Wildman–Crippen MR) is 246 cm³/mol. The van der Waals surface area contributed by atoms with E-state index in [2.05, 4.69) is 206 Å². The molecule has 0 saturated heterocycles. The van der Waals surface area contributed by atoms with Gasteiger partial charge in [0.25, 0.3) is 0 Å². The third kappa shape index (κ3) is 5.42. The quantitative estimate of drug-likeness (QED) is 0.167. The Morgan fingerprint density at radius 1 is 0.509 bits per heavy atom. The van der Waals surface area contributed by atoms with E-state index in [0.717, 1.165) is 28.2 Å². The van der Waals surface area contributed by atoms with Gasteiger partial charge in [-0.05, 0) is 81.4 Å². The molecule has 0 bridgehead atoms. The van der Waals surface area contributed by atoms with Crippen LogP contribution >= 0.6 is 11.3 Å². The minimum absolute atomic E-state index is 0.0734. The van der Waals surface area contributed by atoms with Crippen LogP contribution < -0.4 is 0 Å². The SMILES string of the molecule is CC1=C(n2c3cccc(-c4cccc(-c5cccc6c5sc5ccccc56)c4)c3c3c4ccccc4ccc32)C=C(c2ccccc2)N=C(c2ccccc2)C1C. The summed E-state index contributed by atoms with van der Waals surface area (Å²) in [5, 5.41) is 7.66. The number of thiophene rings is 1. The maximum atomic E-state index is 5.48. The second-order valence-corrected chi connectivity index (χ2v) is 16.2. The van der Waals surface area contributed by atoms with Gasteiger partial charge in [0.2, 0.25) is 0 Å². The van der Waals surface area contributed by atoms with Gasteiger partial charge in [0.05, 0.1) is 22.4 Å². The van der Waals surface area contributed by atoms with Crippen molar-refractivity contribution in [2.45, 2.75) is 13.8 Å². The van der Waals surface area contributed by atoms with Crippen molar-refractivity contribution >= 4 is 81.2 Å². The van der Waals surface area contributed by atoms with Crippen molar-refractivity contribution in [1.29, 1.82) is 0 Å². The molecule has 0 amide bonds. The van der Waals surface area contributed by atoms with Crippen molar-refractivity contribution in [2.75, 3.05) is 0 Å². The molecule has 2 nitrogen and oxygen atoms in total. The Balaban J connectivity index is 1.18. The van der Waals surface area contributed by atoms with E-state index in [1.165, 1.54) is 80.6 Å². The zero-order chi connectivity index (χ0) is 38.0. The van der Waals surface area contributed by atoms with Gasteiger partial charge in [0, 0.05) is 48.1 Å². The van der Waals surface area contributed by atoms with Crippen molar-refractivity contribution in [3.05, 3.63) is 205 Å². The van der Waals surface area contributed by atoms with Crippen LogP contribution in [-0.2, 0) is 0 Å². The lowest BCUT2D eigenvalue weighted by Crippen LogP contribution is -2.15. The summed E-state index contributed by atoms with van der Waals surface area (Å²) >= 11 is 1.89. The molecule has 0 aliphatic carbocycles. The molecule has 0 N–H and O–H groups in total. The first kappa shape index (κ1) is 33.5. The molecule has 3 heterocycles. The first-order chi connectivity index (χ1) is 28.1. The lowest BCUT2D eigenvalue weighted by molar-refractivity contribution is 0.910. The van der Waals surface area contributed by atoms with Crippen LogP contribution in [0, 0.1) is 5.92 Å². The standard InChI is InChI=1S/C54H38N2S/c1-34-35(2)53(38-19-7-4-8-20-38)55-46(37-17-5-3-6-18-37)33-49(34)56-47-28-15-25-42(52(47)51-41-23-10-9-16-36(41)30-31-48(51)56)39-21-13-22-40(32-39)43-26-14-27-45-44-24-11-12-29-50(44)57-54(43)45/h3-33,35H,1-2H3. The summed E-state index contributed by atoms with van der Waals surface area (Å²) in [4.78, 5) is 5.48. The average molecular weight is 747 g/mol. The van der Waals surface area contributed by atoms with E-state index in [-0.39, 0.29) is 5.92 Å². The molecule has 0 radical (unpaired) electrons. The average Bonchev–Trinajstić information content (AvgIpc) is 3.79. The van der Waals surface area contributed by atoms with Crippen molar-refractivity contribution in [3.8, 4) is 22.3 Å². The van der Waals surface area contributed by atoms with Gasteiger partial charge in [0.1, 0.15) is 0 Å². The summed E-state index contributed by atoms with van der Waals surface area (Å²) in [5.41, 5.74) is 14.0. The second kappa shape index (κ2) is 13.4. The number of fused-ring (bicyclic) bond motifs is 8. The fourth-order valence-corrected chi connectivity index (χ4v) is 10.2. The lowest BCUT2D eigenvalue weighted by Gasteiger charge is -2.19. The van der Waals surface area contributed by atoms with Crippen LogP contribution in [0.15, 0.2) is 199 Å². The normalized spacial score (nSPS) is 14.8. The first-order valence-corrected chi connectivity index (χ1v) is 20.5. The highest BCUT2D eigenvalue weighted by molar-refractivity contribution is 7.26. The fourth-order valence-electron chi connectivity index (χ4n) is 9.01. The molecule has 1 aliphatic heterocycles. The van der Waals surface area contributed by atoms with Crippen LogP contribution in [0.4, 0.5) is 0 Å². The third-order valence-corrected chi connectivity index (χ3v) is 13.1. The van der Waals surface area contributed by atoms with Crippen molar-refractivity contribution < 1.29 is 0 Å². The number of hydrogen-bond donors (Lipinski definition) is 0. The highest BCUT2D eigenvalue weighted by atomic mass is 32.1. The maximum Gasteiger partial charge on any atom is 0.0726 e. The van der Waals surface area contributed by atoms with E-state index in [1.54, 1.807) is 0 Å². The Kier molecular flexibility index (Phi) is 7.90. The maximum absolute atomic E-state index is 5.48. The highest BCUT2D eigenvalue weighted by Gasteiger charge is 2.26. The minimum Gasteiger partial charge on any atom is -0.309 e. The van der Waals surface area contributed by atoms with E-state index in [1.807, 2.05) is 11.3 Å². The molecule has 1 atom stereocenters. The van der Waals surface area contributed by atoms with E-state index < -0.39 is 0 Å². The molecule has 57 heavy (non-hydrogen) atoms. The number of aliphatic imine (C=N–C) groups is 1. The highest BCUT2D eigenvalue weighted by Crippen LogP contribution is 2.45. The van der Waals surface area contributed by atoms with Crippen LogP contribution in [-0.4, -0.2) is 10.3 Å². The van der Waals surface area contributed by atoms with Crippen LogP contribution in [0.25, 0.3) is 86.4 Å². The summed E-state index contributed by atoms with van der Waals surface area (Å²) < 4.78 is 5.17. The van der Waals surface area contributed by atoms with Crippen molar-refractivity contribution in [2.24, 2.45) is 10.9 Å². The zero-order valence-corrected chi connectivity index (χ0v) is 32.6. The van der Waals surface area contributed by atoms with Gasteiger partial charge in [-0.15, -0.1) is 11.3 Å². The number of benzene rings is 8. The van der Waals surface area contributed by atoms with Gasteiger partial charge in [0.15, 0.2) is 0 Å². The molecule has 1 aliphatic rings. The van der Waals surface area contributed by atoms with Gasteiger partial charge in [-0.1, -0.05) is 165 Å². The fraction of sp³-hybridized carbons (Fsp3) is 0.0556. The molecule has 8 aromatic carbocycles. The molecule has 2 aromatic heterocycles. The predicted octanol–water partition coefficient (Wildman–Crippen LogP) is 15.1. The molecule has 10 aromatic rings. The van der Waals surface area contributed by atoms with Crippen LogP contribution in [0.3, 0.4) is 0 Å². The first-order valence-electron chi connectivity index (χ1n) is 19.7. The number of nitrogens with zero attached hydrogens (tertiary/aromatic N) is 2. The lowest BCUT2D eigenvalue weighted by atomic mass is 9.91. The summed E-state index contributed by atoms with van der Waals surface area (Å²) in [6, 6.07) is 66.3. The molecule has 0 saturated carbocycles. The van der Waals surface area contributed by atoms with Gasteiger partial charge < -0.3 is 4.57 Å². The number of hydrogen-bond acceptors (Lipinski definition) is 2. The van der Waals surface area contributed by atoms with E-state index in [0.29, 0.717) is 0 Å². The molecule has 1 unspecified atom stereocenters. The molecule has 0 spiro atoms. The summed E-state index contributed by atoms with van der Waals surface area (Å²) in [5.74, 6) is 0.0734. The third-order valence-electron chi connectivity index (χ3n) is 11.9. The summed E-state index contributed by atoms with van der Waals surface area (Å²) in [7, 11) is 0. The van der Waals surface area contributed by atoms with Crippen molar-refractivity contribution in [3.63, 3.8) is 0 Å². The topological polar surface area (TPSA) is 17.3 Å². The van der Waals surface area contributed by atoms with E-state index >= 15 is 0 Å². The summed E-state index contributed by atoms with van der Waals surface area (Å²) in [6.07, 6.45) is 2.32. The van der Waals surface area contributed by atoms with Crippen molar-refractivity contribution in [1.82, 2.24) is 4.57 Å². The number of rotatable bonds is 5. The molecule has 11 rings (SSSR count).